The predicted molar refractivity (Wildman–Crippen MR) is 157 cm³/mol. The van der Waals surface area contributed by atoms with Crippen LogP contribution in [0.15, 0.2) is 71.3 Å². The van der Waals surface area contributed by atoms with Crippen molar-refractivity contribution in [3.8, 4) is 11.4 Å². The van der Waals surface area contributed by atoms with Crippen molar-refractivity contribution >= 4 is 72.7 Å². The molecule has 1 amide bonds. The lowest BCUT2D eigenvalue weighted by atomic mass is 10.1. The van der Waals surface area contributed by atoms with Crippen LogP contribution in [-0.2, 0) is 0 Å². The molecule has 5 aromatic rings. The Morgan fingerprint density at radius 1 is 1.08 bits per heavy atom. The Hall–Kier alpha value is -4.08. The average molecular weight is 527 g/mol. The summed E-state index contributed by atoms with van der Waals surface area (Å²) in [5, 5.41) is 13.1. The molecule has 3 N–H and O–H groups in total. The lowest BCUT2D eigenvalue weighted by Gasteiger charge is -2.10. The lowest BCUT2D eigenvalue weighted by molar-refractivity contribution is 0.0947. The molecule has 7 nitrogen and oxygen atoms in total. The zero-order valence-electron chi connectivity index (χ0n) is 20.7. The number of hydrogen-bond acceptors (Lipinski definition) is 8. The van der Waals surface area contributed by atoms with Crippen molar-refractivity contribution in [2.24, 2.45) is 5.10 Å². The first-order chi connectivity index (χ1) is 17.9. The van der Waals surface area contributed by atoms with Gasteiger partial charge in [-0.1, -0.05) is 24.3 Å². The van der Waals surface area contributed by atoms with E-state index in [2.05, 4.69) is 33.9 Å². The highest BCUT2D eigenvalue weighted by Crippen LogP contribution is 2.34. The second-order valence-electron chi connectivity index (χ2n) is 8.84. The number of carbonyl (C=O) groups excluding carboxylic acids is 1. The second-order valence-corrected chi connectivity index (χ2v) is 10.8. The van der Waals surface area contributed by atoms with Crippen LogP contribution >= 0.6 is 22.7 Å². The fourth-order valence-electron chi connectivity index (χ4n) is 3.87. The number of hydrogen-bond donors (Lipinski definition) is 3. The van der Waals surface area contributed by atoms with Gasteiger partial charge in [0.05, 0.1) is 15.1 Å². The van der Waals surface area contributed by atoms with Crippen molar-refractivity contribution in [2.75, 3.05) is 5.32 Å². The highest BCUT2D eigenvalue weighted by Gasteiger charge is 2.15. The number of aromatic nitrogens is 2. The Bertz CT molecular complexity index is 1630. The molecule has 0 bridgehead atoms. The van der Waals surface area contributed by atoms with E-state index in [4.69, 9.17) is 9.97 Å². The molecular formula is C28H26N6OS2. The van der Waals surface area contributed by atoms with Crippen molar-refractivity contribution in [3.05, 3.63) is 76.6 Å². The van der Waals surface area contributed by atoms with Crippen LogP contribution in [0, 0.1) is 0 Å². The molecule has 0 aliphatic heterocycles. The maximum absolute atomic E-state index is 12.5. The van der Waals surface area contributed by atoms with E-state index in [9.17, 15) is 4.79 Å². The minimum absolute atomic E-state index is 0.0504. The maximum Gasteiger partial charge on any atom is 0.261 e. The summed E-state index contributed by atoms with van der Waals surface area (Å²) in [6.45, 7) is 9.35. The minimum Gasteiger partial charge on any atom is -0.349 e. The van der Waals surface area contributed by atoms with Gasteiger partial charge < -0.3 is 10.6 Å². The third kappa shape index (κ3) is 5.37. The summed E-state index contributed by atoms with van der Waals surface area (Å²) >= 11 is 3.08. The Labute approximate surface area is 223 Å². The summed E-state index contributed by atoms with van der Waals surface area (Å²) < 4.78 is 2.02. The molecule has 186 valence electrons. The van der Waals surface area contributed by atoms with Gasteiger partial charge in [-0.25, -0.2) is 9.97 Å². The van der Waals surface area contributed by atoms with Gasteiger partial charge in [-0.05, 0) is 73.0 Å². The summed E-state index contributed by atoms with van der Waals surface area (Å²) in [5.74, 6) is 1.34. The number of hydrazone groups is 1. The van der Waals surface area contributed by atoms with E-state index in [1.54, 1.807) is 11.3 Å². The number of nitrogens with one attached hydrogen (secondary N) is 3. The van der Waals surface area contributed by atoms with Gasteiger partial charge in [-0.15, -0.1) is 22.7 Å². The van der Waals surface area contributed by atoms with Crippen LogP contribution in [0.4, 0.5) is 11.5 Å². The SMILES string of the molecule is C=NN/C=C(\C)c1ccc(Nc2nc(-c3ccc4cc(C(=O)NC(C)C)sc4c3)nc3ccsc23)cc1. The third-order valence-corrected chi connectivity index (χ3v) is 7.71. The van der Waals surface area contributed by atoms with Crippen LogP contribution in [0.3, 0.4) is 0 Å². The Kier molecular flexibility index (Phi) is 6.98. The predicted octanol–water partition coefficient (Wildman–Crippen LogP) is 7.02. The molecule has 0 unspecified atom stereocenters. The number of thiophene rings is 2. The number of nitrogens with zero attached hydrogens (tertiary/aromatic N) is 3. The molecule has 0 atom stereocenters. The summed E-state index contributed by atoms with van der Waals surface area (Å²) in [6.07, 6.45) is 1.81. The van der Waals surface area contributed by atoms with E-state index in [1.807, 2.05) is 80.9 Å². The Balaban J connectivity index is 1.46. The van der Waals surface area contributed by atoms with E-state index >= 15 is 0 Å². The van der Waals surface area contributed by atoms with Gasteiger partial charge >= 0.3 is 0 Å². The zero-order valence-corrected chi connectivity index (χ0v) is 22.3. The molecule has 0 aliphatic carbocycles. The average Bonchev–Trinajstić information content (AvgIpc) is 3.54. The normalized spacial score (nSPS) is 11.7. The van der Waals surface area contributed by atoms with Gasteiger partial charge in [0.25, 0.3) is 5.91 Å². The summed E-state index contributed by atoms with van der Waals surface area (Å²) in [6, 6.07) is 18.3. The van der Waals surface area contributed by atoms with Gasteiger partial charge in [0, 0.05) is 34.9 Å². The maximum atomic E-state index is 12.5. The smallest absolute Gasteiger partial charge is 0.261 e. The molecule has 0 spiro atoms. The second kappa shape index (κ2) is 10.5. The van der Waals surface area contributed by atoms with Crippen LogP contribution in [0.1, 0.15) is 36.0 Å². The topological polar surface area (TPSA) is 91.3 Å². The first kappa shape index (κ1) is 24.6. The molecule has 0 aliphatic rings. The van der Waals surface area contributed by atoms with Crippen LogP contribution < -0.4 is 16.1 Å². The van der Waals surface area contributed by atoms with E-state index in [1.165, 1.54) is 11.3 Å². The van der Waals surface area contributed by atoms with Crippen molar-refractivity contribution in [1.29, 1.82) is 0 Å². The summed E-state index contributed by atoms with van der Waals surface area (Å²) in [4.78, 5) is 22.9. The Morgan fingerprint density at radius 2 is 1.89 bits per heavy atom. The Morgan fingerprint density at radius 3 is 2.65 bits per heavy atom. The highest BCUT2D eigenvalue weighted by atomic mass is 32.1. The van der Waals surface area contributed by atoms with Crippen LogP contribution in [0.5, 0.6) is 0 Å². The fraction of sp³-hybridized carbons (Fsp3) is 0.143. The van der Waals surface area contributed by atoms with E-state index in [-0.39, 0.29) is 11.9 Å². The van der Waals surface area contributed by atoms with Crippen molar-refractivity contribution in [3.63, 3.8) is 0 Å². The molecule has 3 heterocycles. The van der Waals surface area contributed by atoms with Crippen LogP contribution in [-0.4, -0.2) is 28.6 Å². The van der Waals surface area contributed by atoms with Crippen molar-refractivity contribution < 1.29 is 4.79 Å². The van der Waals surface area contributed by atoms with E-state index in [0.29, 0.717) is 10.7 Å². The number of carbonyl (C=O) groups is 1. The molecule has 0 fully saturated rings. The number of allylic oxidation sites excluding steroid dienone is 1. The van der Waals surface area contributed by atoms with Gasteiger partial charge in [0.2, 0.25) is 0 Å². The molecule has 2 aromatic carbocycles. The molecule has 5 rings (SSSR count). The first-order valence-corrected chi connectivity index (χ1v) is 13.5. The van der Waals surface area contributed by atoms with Crippen LogP contribution in [0.2, 0.25) is 0 Å². The minimum atomic E-state index is -0.0504. The number of fused-ring (bicyclic) bond motifs is 2. The summed E-state index contributed by atoms with van der Waals surface area (Å²) in [7, 11) is 0. The highest BCUT2D eigenvalue weighted by molar-refractivity contribution is 7.20. The first-order valence-electron chi connectivity index (χ1n) is 11.8. The number of anilines is 2. The van der Waals surface area contributed by atoms with Gasteiger partial charge in [-0.2, -0.15) is 5.10 Å². The molecular weight excluding hydrogens is 500 g/mol. The molecule has 0 saturated carbocycles. The monoisotopic (exact) mass is 526 g/mol. The van der Waals surface area contributed by atoms with Crippen molar-refractivity contribution in [2.45, 2.75) is 26.8 Å². The third-order valence-electron chi connectivity index (χ3n) is 5.70. The van der Waals surface area contributed by atoms with E-state index in [0.717, 1.165) is 48.5 Å². The standard InChI is InChI=1S/C28H26N6OS2/c1-16(2)31-28(35)24-13-19-5-6-20(14-23(19)37-24)26-33-22-11-12-36-25(22)27(34-26)32-21-9-7-18(8-10-21)17(3)15-30-29-4/h5-16,30H,4H2,1-3H3,(H,31,35)(H,32,33,34)/b17-15+. The fourth-order valence-corrected chi connectivity index (χ4v) is 5.65. The molecule has 3 aromatic heterocycles. The largest absolute Gasteiger partial charge is 0.349 e. The van der Waals surface area contributed by atoms with E-state index < -0.39 is 0 Å². The molecule has 37 heavy (non-hydrogen) atoms. The zero-order chi connectivity index (χ0) is 25.9. The molecule has 9 heteroatoms. The van der Waals surface area contributed by atoms with Gasteiger partial charge in [-0.3, -0.25) is 10.2 Å². The van der Waals surface area contributed by atoms with Gasteiger partial charge in [0.15, 0.2) is 11.6 Å². The lowest BCUT2D eigenvalue weighted by Crippen LogP contribution is -2.29. The number of rotatable bonds is 8. The van der Waals surface area contributed by atoms with Gasteiger partial charge in [0.1, 0.15) is 0 Å². The molecule has 0 radical (unpaired) electrons. The quantitative estimate of drug-likeness (QED) is 0.149. The number of amides is 1. The summed E-state index contributed by atoms with van der Waals surface area (Å²) in [5.41, 5.74) is 7.62. The van der Waals surface area contributed by atoms with Crippen LogP contribution in [0.25, 0.3) is 37.3 Å². The number of benzene rings is 2. The molecule has 0 saturated heterocycles. The van der Waals surface area contributed by atoms with Crippen molar-refractivity contribution in [1.82, 2.24) is 20.7 Å².